The van der Waals surface area contributed by atoms with Gasteiger partial charge in [0.25, 0.3) is 0 Å². The van der Waals surface area contributed by atoms with Crippen LogP contribution >= 0.6 is 0 Å². The van der Waals surface area contributed by atoms with Crippen molar-refractivity contribution < 1.29 is 24.2 Å². The van der Waals surface area contributed by atoms with E-state index in [1.54, 1.807) is 4.90 Å². The Balaban J connectivity index is 1.35. The van der Waals surface area contributed by atoms with E-state index in [2.05, 4.69) is 29.6 Å². The zero-order chi connectivity index (χ0) is 24.5. The third kappa shape index (κ3) is 4.39. The molecule has 1 aliphatic heterocycles. The zero-order valence-electron chi connectivity index (χ0n) is 19.9. The highest BCUT2D eigenvalue weighted by molar-refractivity contribution is 5.84. The molecule has 4 rings (SSSR count). The number of benzene rings is 2. The van der Waals surface area contributed by atoms with Crippen LogP contribution < -0.4 is 5.32 Å². The highest BCUT2D eigenvalue weighted by Gasteiger charge is 2.50. The summed E-state index contributed by atoms with van der Waals surface area (Å²) in [5, 5.41) is 12.3. The van der Waals surface area contributed by atoms with Crippen molar-refractivity contribution in [1.82, 2.24) is 10.2 Å². The van der Waals surface area contributed by atoms with E-state index >= 15 is 0 Å². The highest BCUT2D eigenvalue weighted by atomic mass is 16.5. The van der Waals surface area contributed by atoms with Crippen molar-refractivity contribution in [3.05, 3.63) is 59.7 Å². The standard InChI is InChI=1S/C27H32N2O5/c1-4-27(25(31)32)15-29(16-27)24(30)13-23(17(2)3)28-26(33)34-14-22-20-11-7-5-9-18(20)19-10-6-8-12-21(19)22/h5-12,17,22-23H,4,13-16H2,1-3H3,(H,28,33)(H,31,32)/t23-/m1/s1. The molecule has 1 heterocycles. The Hall–Kier alpha value is -3.35. The Morgan fingerprint density at radius 2 is 1.62 bits per heavy atom. The van der Waals surface area contributed by atoms with Gasteiger partial charge < -0.3 is 20.1 Å². The number of hydrogen-bond acceptors (Lipinski definition) is 4. The van der Waals surface area contributed by atoms with Crippen molar-refractivity contribution in [3.8, 4) is 11.1 Å². The van der Waals surface area contributed by atoms with E-state index in [0.717, 1.165) is 22.3 Å². The highest BCUT2D eigenvalue weighted by Crippen LogP contribution is 2.44. The minimum Gasteiger partial charge on any atom is -0.481 e. The van der Waals surface area contributed by atoms with Crippen molar-refractivity contribution in [3.63, 3.8) is 0 Å². The molecule has 2 N–H and O–H groups in total. The fourth-order valence-corrected chi connectivity index (χ4v) is 4.93. The maximum atomic E-state index is 12.7. The predicted octanol–water partition coefficient (Wildman–Crippen LogP) is 4.26. The lowest BCUT2D eigenvalue weighted by Crippen LogP contribution is -2.62. The first kappa shape index (κ1) is 23.8. The monoisotopic (exact) mass is 464 g/mol. The molecule has 0 unspecified atom stereocenters. The molecule has 0 saturated carbocycles. The number of fused-ring (bicyclic) bond motifs is 3. The van der Waals surface area contributed by atoms with E-state index in [1.165, 1.54) is 0 Å². The molecule has 0 bridgehead atoms. The first-order valence-corrected chi connectivity index (χ1v) is 11.9. The minimum atomic E-state index is -0.865. The number of hydrogen-bond donors (Lipinski definition) is 2. The molecule has 1 saturated heterocycles. The number of carboxylic acid groups (broad SMARTS) is 1. The van der Waals surface area contributed by atoms with Crippen molar-refractivity contribution in [1.29, 1.82) is 0 Å². The molecule has 7 heteroatoms. The van der Waals surface area contributed by atoms with Gasteiger partial charge in [-0.25, -0.2) is 4.79 Å². The second-order valence-corrected chi connectivity index (χ2v) is 9.71. The third-order valence-electron chi connectivity index (χ3n) is 7.32. The minimum absolute atomic E-state index is 0.0149. The summed E-state index contributed by atoms with van der Waals surface area (Å²) in [6.07, 6.45) is 0.0457. The summed E-state index contributed by atoms with van der Waals surface area (Å²) in [5.41, 5.74) is 3.77. The van der Waals surface area contributed by atoms with Gasteiger partial charge in [0.05, 0.1) is 0 Å². The summed E-state index contributed by atoms with van der Waals surface area (Å²) in [6.45, 7) is 6.34. The number of likely N-dealkylation sites (tertiary alicyclic amines) is 1. The van der Waals surface area contributed by atoms with Crippen LogP contribution in [0.3, 0.4) is 0 Å². The molecule has 1 atom stereocenters. The number of ether oxygens (including phenoxy) is 1. The molecule has 34 heavy (non-hydrogen) atoms. The molecule has 180 valence electrons. The number of carbonyl (C=O) groups is 3. The van der Waals surface area contributed by atoms with Gasteiger partial charge in [0.2, 0.25) is 5.91 Å². The molecular formula is C27H32N2O5. The summed E-state index contributed by atoms with van der Waals surface area (Å²) in [6, 6.07) is 15.9. The summed E-state index contributed by atoms with van der Waals surface area (Å²) in [7, 11) is 0. The van der Waals surface area contributed by atoms with Crippen LogP contribution in [0.4, 0.5) is 4.79 Å². The fourth-order valence-electron chi connectivity index (χ4n) is 4.93. The summed E-state index contributed by atoms with van der Waals surface area (Å²) in [4.78, 5) is 38.5. The maximum absolute atomic E-state index is 12.7. The zero-order valence-corrected chi connectivity index (χ0v) is 19.9. The lowest BCUT2D eigenvalue weighted by atomic mass is 9.77. The number of nitrogens with zero attached hydrogens (tertiary/aromatic N) is 1. The average molecular weight is 465 g/mol. The predicted molar refractivity (Wildman–Crippen MR) is 128 cm³/mol. The topological polar surface area (TPSA) is 95.9 Å². The van der Waals surface area contributed by atoms with Gasteiger partial charge in [-0.3, -0.25) is 9.59 Å². The Morgan fingerprint density at radius 1 is 1.06 bits per heavy atom. The largest absolute Gasteiger partial charge is 0.481 e. The van der Waals surface area contributed by atoms with Gasteiger partial charge in [-0.1, -0.05) is 69.3 Å². The molecule has 2 amide bonds. The summed E-state index contributed by atoms with van der Waals surface area (Å²) >= 11 is 0. The van der Waals surface area contributed by atoms with E-state index in [-0.39, 0.29) is 43.9 Å². The number of rotatable bonds is 8. The van der Waals surface area contributed by atoms with Crippen molar-refractivity contribution >= 4 is 18.0 Å². The quantitative estimate of drug-likeness (QED) is 0.609. The molecule has 0 aromatic heterocycles. The number of carbonyl (C=O) groups excluding carboxylic acids is 2. The SMILES string of the molecule is CCC1(C(=O)O)CN(C(=O)C[C@@H](NC(=O)OCC2c3ccccc3-c3ccccc32)C(C)C)C1. The van der Waals surface area contributed by atoms with Crippen LogP contribution in [0.1, 0.15) is 50.7 Å². The van der Waals surface area contributed by atoms with E-state index in [4.69, 9.17) is 4.74 Å². The molecule has 1 fully saturated rings. The molecule has 0 radical (unpaired) electrons. The molecular weight excluding hydrogens is 432 g/mol. The number of aliphatic carboxylic acids is 1. The Kier molecular flexibility index (Phi) is 6.64. The summed E-state index contributed by atoms with van der Waals surface area (Å²) in [5.74, 6) is -1.03. The van der Waals surface area contributed by atoms with Crippen LogP contribution in [0.2, 0.25) is 0 Å². The van der Waals surface area contributed by atoms with Gasteiger partial charge in [0, 0.05) is 31.5 Å². The first-order chi connectivity index (χ1) is 16.3. The van der Waals surface area contributed by atoms with E-state index in [0.29, 0.717) is 6.42 Å². The van der Waals surface area contributed by atoms with E-state index < -0.39 is 23.5 Å². The second-order valence-electron chi connectivity index (χ2n) is 9.71. The molecule has 0 spiro atoms. The van der Waals surface area contributed by atoms with Gasteiger partial charge in [-0.05, 0) is 34.6 Å². The van der Waals surface area contributed by atoms with Crippen LogP contribution in [-0.4, -0.2) is 53.7 Å². The van der Waals surface area contributed by atoms with Crippen LogP contribution in [0, 0.1) is 11.3 Å². The second kappa shape index (κ2) is 9.49. The van der Waals surface area contributed by atoms with Crippen LogP contribution in [-0.2, 0) is 14.3 Å². The molecule has 2 aliphatic rings. The molecule has 2 aromatic rings. The van der Waals surface area contributed by atoms with Crippen molar-refractivity contribution in [2.75, 3.05) is 19.7 Å². The number of alkyl carbamates (subject to hydrolysis) is 1. The van der Waals surface area contributed by atoms with E-state index in [1.807, 2.05) is 45.0 Å². The van der Waals surface area contributed by atoms with Gasteiger partial charge >= 0.3 is 12.1 Å². The van der Waals surface area contributed by atoms with Crippen LogP contribution in [0.25, 0.3) is 11.1 Å². The van der Waals surface area contributed by atoms with Gasteiger partial charge in [0.1, 0.15) is 12.0 Å². The summed E-state index contributed by atoms with van der Waals surface area (Å²) < 4.78 is 5.63. The van der Waals surface area contributed by atoms with Crippen molar-refractivity contribution in [2.45, 2.75) is 45.6 Å². The smallest absolute Gasteiger partial charge is 0.407 e. The Morgan fingerprint density at radius 3 is 2.12 bits per heavy atom. The normalized spacial score (nSPS) is 16.9. The van der Waals surface area contributed by atoms with Gasteiger partial charge in [-0.15, -0.1) is 0 Å². The lowest BCUT2D eigenvalue weighted by molar-refractivity contribution is -0.166. The van der Waals surface area contributed by atoms with Crippen LogP contribution in [0.5, 0.6) is 0 Å². The Bertz CT molecular complexity index is 1040. The average Bonchev–Trinajstić information content (AvgIpc) is 3.10. The molecule has 2 aromatic carbocycles. The number of amides is 2. The number of nitrogens with one attached hydrogen (secondary N) is 1. The first-order valence-electron chi connectivity index (χ1n) is 11.9. The third-order valence-corrected chi connectivity index (χ3v) is 7.32. The van der Waals surface area contributed by atoms with Crippen LogP contribution in [0.15, 0.2) is 48.5 Å². The number of carboxylic acids is 1. The molecule has 7 nitrogen and oxygen atoms in total. The fraction of sp³-hybridized carbons (Fsp3) is 0.444. The van der Waals surface area contributed by atoms with Gasteiger partial charge in [-0.2, -0.15) is 0 Å². The van der Waals surface area contributed by atoms with E-state index in [9.17, 15) is 19.5 Å². The maximum Gasteiger partial charge on any atom is 0.407 e. The lowest BCUT2D eigenvalue weighted by Gasteiger charge is -2.47. The van der Waals surface area contributed by atoms with Crippen molar-refractivity contribution in [2.24, 2.45) is 11.3 Å². The molecule has 1 aliphatic carbocycles. The Labute approximate surface area is 200 Å². The van der Waals surface area contributed by atoms with Gasteiger partial charge in [0.15, 0.2) is 0 Å².